The van der Waals surface area contributed by atoms with E-state index in [2.05, 4.69) is 27.7 Å². The number of unbranched alkanes of at least 4 members (excludes halogenated alkanes) is 2. The van der Waals surface area contributed by atoms with E-state index < -0.39 is 21.5 Å². The third-order valence-corrected chi connectivity index (χ3v) is 9.13. The standard InChI is InChI=1S/C26H40O4S2/c1-25(2,19-27)17-7-5-9-21-11-13-23(31(21)29)15-16-24-14-12-22(32(24)30)10-6-8-18-26(3,4)20-28/h11-16,27-28H,5-10,17-20H2,1-4H3. The van der Waals surface area contributed by atoms with Gasteiger partial charge in [-0.3, -0.25) is 0 Å². The quantitative estimate of drug-likeness (QED) is 0.231. The van der Waals surface area contributed by atoms with Gasteiger partial charge in [0.15, 0.2) is 9.75 Å². The van der Waals surface area contributed by atoms with Crippen LogP contribution in [-0.2, 0) is 12.8 Å². The fourth-order valence-corrected chi connectivity index (χ4v) is 6.03. The molecule has 0 spiro atoms. The van der Waals surface area contributed by atoms with E-state index in [0.29, 0.717) is 0 Å². The van der Waals surface area contributed by atoms with Crippen molar-refractivity contribution in [1.29, 1.82) is 0 Å². The second-order valence-electron chi connectivity index (χ2n) is 10.3. The Morgan fingerprint density at radius 3 is 1.41 bits per heavy atom. The summed E-state index contributed by atoms with van der Waals surface area (Å²) in [5.74, 6) is 0. The van der Waals surface area contributed by atoms with Crippen LogP contribution in [-0.4, -0.2) is 32.5 Å². The molecule has 0 bridgehead atoms. The highest BCUT2D eigenvalue weighted by molar-refractivity contribution is 7.27. The number of aliphatic hydroxyl groups excluding tert-OH is 2. The maximum absolute atomic E-state index is 12.7. The van der Waals surface area contributed by atoms with E-state index in [1.54, 1.807) is 0 Å². The molecule has 0 saturated carbocycles. The van der Waals surface area contributed by atoms with E-state index in [1.807, 2.05) is 36.4 Å². The van der Waals surface area contributed by atoms with Gasteiger partial charge < -0.3 is 19.3 Å². The normalized spacial score (nSPS) is 14.0. The third-order valence-electron chi connectivity index (χ3n) is 6.09. The molecule has 2 heterocycles. The Kier molecular flexibility index (Phi) is 10.6. The van der Waals surface area contributed by atoms with E-state index in [4.69, 9.17) is 0 Å². The number of rotatable bonds is 14. The smallest absolute Gasteiger partial charge is 0.172 e. The summed E-state index contributed by atoms with van der Waals surface area (Å²) in [4.78, 5) is 3.40. The first-order chi connectivity index (χ1) is 15.1. The lowest BCUT2D eigenvalue weighted by Gasteiger charge is -2.20. The number of hydrogen-bond acceptors (Lipinski definition) is 4. The Morgan fingerprint density at radius 2 is 1.06 bits per heavy atom. The highest BCUT2D eigenvalue weighted by Gasteiger charge is 2.18. The molecule has 0 aliphatic rings. The van der Waals surface area contributed by atoms with E-state index in [0.717, 1.165) is 70.9 Å². The van der Waals surface area contributed by atoms with Crippen LogP contribution >= 0.6 is 21.5 Å². The second kappa shape index (κ2) is 12.4. The largest absolute Gasteiger partial charge is 0.590 e. The highest BCUT2D eigenvalue weighted by Crippen LogP contribution is 2.34. The first-order valence-corrected chi connectivity index (χ1v) is 13.9. The number of aliphatic hydroxyl groups is 2. The average Bonchev–Trinajstić information content (AvgIpc) is 3.29. The van der Waals surface area contributed by atoms with Gasteiger partial charge in [0.25, 0.3) is 0 Å². The Hall–Kier alpha value is -1.02. The van der Waals surface area contributed by atoms with Gasteiger partial charge in [0.2, 0.25) is 0 Å². The molecule has 0 aliphatic carbocycles. The summed E-state index contributed by atoms with van der Waals surface area (Å²) in [6.45, 7) is 8.62. The molecule has 0 fully saturated rings. The minimum absolute atomic E-state index is 0.0527. The third kappa shape index (κ3) is 8.40. The van der Waals surface area contributed by atoms with Gasteiger partial charge in [0.05, 0.1) is 0 Å². The van der Waals surface area contributed by atoms with Crippen LogP contribution in [0.1, 0.15) is 85.7 Å². The van der Waals surface area contributed by atoms with E-state index in [-0.39, 0.29) is 24.0 Å². The maximum atomic E-state index is 12.7. The van der Waals surface area contributed by atoms with E-state index in [1.165, 1.54) is 0 Å². The van der Waals surface area contributed by atoms with Gasteiger partial charge in [0, 0.05) is 50.3 Å². The van der Waals surface area contributed by atoms with Crippen LogP contribution in [0.4, 0.5) is 0 Å². The van der Waals surface area contributed by atoms with Crippen LogP contribution < -0.4 is 0 Å². The fourth-order valence-electron chi connectivity index (χ4n) is 3.61. The molecule has 2 unspecified atom stereocenters. The summed E-state index contributed by atoms with van der Waals surface area (Å²) in [6.07, 6.45) is 11.1. The van der Waals surface area contributed by atoms with Crippen LogP contribution in [0.2, 0.25) is 0 Å². The summed E-state index contributed by atoms with van der Waals surface area (Å²) < 4.78 is 25.5. The van der Waals surface area contributed by atoms with Gasteiger partial charge in [-0.1, -0.05) is 40.5 Å². The van der Waals surface area contributed by atoms with Crippen molar-refractivity contribution >= 4 is 33.7 Å². The topological polar surface area (TPSA) is 86.6 Å². The van der Waals surface area contributed by atoms with Crippen molar-refractivity contribution in [3.63, 3.8) is 0 Å². The molecule has 0 saturated heterocycles. The van der Waals surface area contributed by atoms with Gasteiger partial charge in [-0.05, 0) is 70.1 Å². The molecule has 0 aromatic carbocycles. The van der Waals surface area contributed by atoms with Crippen LogP contribution in [0.3, 0.4) is 0 Å². The Morgan fingerprint density at radius 1 is 0.688 bits per heavy atom. The molecule has 4 nitrogen and oxygen atoms in total. The van der Waals surface area contributed by atoms with Crippen LogP contribution in [0, 0.1) is 10.8 Å². The first-order valence-electron chi connectivity index (χ1n) is 11.6. The summed E-state index contributed by atoms with van der Waals surface area (Å²) in [5, 5.41) is 18.7. The van der Waals surface area contributed by atoms with Crippen LogP contribution in [0.5, 0.6) is 0 Å². The molecule has 2 N–H and O–H groups in total. The molecule has 2 aromatic rings. The zero-order valence-corrected chi connectivity index (χ0v) is 21.7. The predicted octanol–water partition coefficient (Wildman–Crippen LogP) is 6.77. The number of thiophene rings is 2. The summed E-state index contributed by atoms with van der Waals surface area (Å²) >= 11 is 0. The lowest BCUT2D eigenvalue weighted by atomic mass is 9.88. The van der Waals surface area contributed by atoms with Crippen molar-refractivity contribution in [3.8, 4) is 0 Å². The van der Waals surface area contributed by atoms with Crippen molar-refractivity contribution in [1.82, 2.24) is 0 Å². The summed E-state index contributed by atoms with van der Waals surface area (Å²) in [6, 6.07) is 7.69. The highest BCUT2D eigenvalue weighted by atomic mass is 32.2. The Labute approximate surface area is 199 Å². The molecule has 2 aromatic heterocycles. The molecule has 6 heteroatoms. The second-order valence-corrected chi connectivity index (χ2v) is 13.4. The minimum Gasteiger partial charge on any atom is -0.590 e. The van der Waals surface area contributed by atoms with Gasteiger partial charge >= 0.3 is 0 Å². The molecular formula is C26H40O4S2. The number of hydrogen-bond donors (Lipinski definition) is 2. The zero-order valence-electron chi connectivity index (χ0n) is 20.1. The first kappa shape index (κ1) is 27.2. The minimum atomic E-state index is -1.14. The van der Waals surface area contributed by atoms with Gasteiger partial charge in [-0.2, -0.15) is 0 Å². The van der Waals surface area contributed by atoms with E-state index >= 15 is 0 Å². The lowest BCUT2D eigenvalue weighted by molar-refractivity contribution is 0.147. The predicted molar refractivity (Wildman–Crippen MR) is 136 cm³/mol. The van der Waals surface area contributed by atoms with Crippen LogP contribution in [0.15, 0.2) is 24.3 Å². The van der Waals surface area contributed by atoms with Crippen molar-refractivity contribution in [2.75, 3.05) is 13.2 Å². The molecule has 0 amide bonds. The molecule has 2 atom stereocenters. The lowest BCUT2D eigenvalue weighted by Crippen LogP contribution is -2.16. The van der Waals surface area contributed by atoms with Crippen molar-refractivity contribution < 1.29 is 19.3 Å². The average molecular weight is 481 g/mol. The molecule has 0 aliphatic heterocycles. The number of aryl methyl sites for hydroxylation is 2. The van der Waals surface area contributed by atoms with Gasteiger partial charge in [-0.25, -0.2) is 0 Å². The maximum Gasteiger partial charge on any atom is 0.172 e. The van der Waals surface area contributed by atoms with Crippen molar-refractivity contribution in [2.45, 2.75) is 79.1 Å². The molecule has 32 heavy (non-hydrogen) atoms. The van der Waals surface area contributed by atoms with Gasteiger partial charge in [-0.15, -0.1) is 0 Å². The summed E-state index contributed by atoms with van der Waals surface area (Å²) in [5.41, 5.74) is -0.105. The van der Waals surface area contributed by atoms with E-state index in [9.17, 15) is 19.3 Å². The van der Waals surface area contributed by atoms with Crippen molar-refractivity contribution in [2.24, 2.45) is 10.8 Å². The SMILES string of the molecule is CC(C)(CO)CCCCc1ccc(C=Cc2ccc(CCCCC(C)(C)CO)[s+]2[O-])[s+]1[O-]. The van der Waals surface area contributed by atoms with Crippen molar-refractivity contribution in [3.05, 3.63) is 43.8 Å². The summed E-state index contributed by atoms with van der Waals surface area (Å²) in [7, 11) is -2.28. The molecule has 0 radical (unpaired) electrons. The molecule has 2 rings (SSSR count). The Balaban J connectivity index is 1.87. The monoisotopic (exact) mass is 480 g/mol. The Bertz CT molecular complexity index is 791. The molecular weight excluding hydrogens is 440 g/mol. The fraction of sp³-hybridized carbons (Fsp3) is 0.615. The van der Waals surface area contributed by atoms with Crippen LogP contribution in [0.25, 0.3) is 12.2 Å². The molecule has 180 valence electrons. The van der Waals surface area contributed by atoms with Gasteiger partial charge in [0.1, 0.15) is 9.75 Å². The zero-order chi connectivity index (χ0) is 23.8.